The summed E-state index contributed by atoms with van der Waals surface area (Å²) >= 11 is 0. The SMILES string of the molecule is CCC=C(C=CC(C)=O)C(C)(C)C. The summed E-state index contributed by atoms with van der Waals surface area (Å²) in [4.78, 5) is 10.8. The minimum atomic E-state index is 0.103. The van der Waals surface area contributed by atoms with E-state index in [9.17, 15) is 4.79 Å². The van der Waals surface area contributed by atoms with Crippen molar-refractivity contribution in [1.29, 1.82) is 0 Å². The number of carbonyl (C=O) groups excluding carboxylic acids is 1. The number of carbonyl (C=O) groups is 1. The summed E-state index contributed by atoms with van der Waals surface area (Å²) in [5.41, 5.74) is 1.35. The molecular weight excluding hydrogens is 160 g/mol. The van der Waals surface area contributed by atoms with Gasteiger partial charge in [-0.15, -0.1) is 0 Å². The van der Waals surface area contributed by atoms with Crippen molar-refractivity contribution in [2.24, 2.45) is 5.41 Å². The molecule has 0 bridgehead atoms. The van der Waals surface area contributed by atoms with E-state index >= 15 is 0 Å². The van der Waals surface area contributed by atoms with Crippen LogP contribution in [0.2, 0.25) is 0 Å². The molecule has 0 rings (SSSR count). The predicted octanol–water partition coefficient (Wildman–Crippen LogP) is 3.51. The van der Waals surface area contributed by atoms with Crippen LogP contribution in [0.1, 0.15) is 41.0 Å². The smallest absolute Gasteiger partial charge is 0.152 e. The van der Waals surface area contributed by atoms with Crippen LogP contribution in [0.5, 0.6) is 0 Å². The molecule has 74 valence electrons. The van der Waals surface area contributed by atoms with E-state index in [0.717, 1.165) is 6.42 Å². The Morgan fingerprint density at radius 3 is 2.08 bits per heavy atom. The van der Waals surface area contributed by atoms with Gasteiger partial charge in [0.1, 0.15) is 0 Å². The van der Waals surface area contributed by atoms with Crippen molar-refractivity contribution in [3.05, 3.63) is 23.8 Å². The van der Waals surface area contributed by atoms with Crippen molar-refractivity contribution < 1.29 is 4.79 Å². The highest BCUT2D eigenvalue weighted by Gasteiger charge is 2.13. The molecule has 0 unspecified atom stereocenters. The highest BCUT2D eigenvalue weighted by molar-refractivity contribution is 5.87. The van der Waals surface area contributed by atoms with Crippen LogP contribution < -0.4 is 0 Å². The maximum absolute atomic E-state index is 10.8. The Morgan fingerprint density at radius 2 is 1.77 bits per heavy atom. The fraction of sp³-hybridized carbons (Fsp3) is 0.583. The number of ketones is 1. The molecule has 13 heavy (non-hydrogen) atoms. The number of allylic oxidation sites excluding steroid dienone is 4. The minimum absolute atomic E-state index is 0.103. The Hall–Kier alpha value is -0.850. The van der Waals surface area contributed by atoms with Gasteiger partial charge in [0.15, 0.2) is 5.78 Å². The van der Waals surface area contributed by atoms with Crippen molar-refractivity contribution in [3.8, 4) is 0 Å². The first-order valence-electron chi connectivity index (χ1n) is 4.77. The third-order valence-corrected chi connectivity index (χ3v) is 1.79. The maximum atomic E-state index is 10.8. The summed E-state index contributed by atoms with van der Waals surface area (Å²) in [6, 6.07) is 0. The highest BCUT2D eigenvalue weighted by Crippen LogP contribution is 2.26. The zero-order chi connectivity index (χ0) is 10.5. The van der Waals surface area contributed by atoms with Crippen LogP contribution in [0, 0.1) is 5.41 Å². The fourth-order valence-electron chi connectivity index (χ4n) is 1.05. The average molecular weight is 180 g/mol. The van der Waals surface area contributed by atoms with Crippen LogP contribution in [-0.2, 0) is 4.79 Å². The third-order valence-electron chi connectivity index (χ3n) is 1.79. The van der Waals surface area contributed by atoms with E-state index in [0.29, 0.717) is 0 Å². The molecule has 1 nitrogen and oxygen atoms in total. The molecule has 0 aliphatic heterocycles. The summed E-state index contributed by atoms with van der Waals surface area (Å²) in [5, 5.41) is 0. The van der Waals surface area contributed by atoms with Gasteiger partial charge >= 0.3 is 0 Å². The van der Waals surface area contributed by atoms with Gasteiger partial charge in [-0.3, -0.25) is 4.79 Å². The summed E-state index contributed by atoms with van der Waals surface area (Å²) in [6.45, 7) is 10.1. The Labute approximate surface area is 81.5 Å². The van der Waals surface area contributed by atoms with Gasteiger partial charge in [-0.05, 0) is 30.4 Å². The molecule has 0 saturated heterocycles. The van der Waals surface area contributed by atoms with Crippen molar-refractivity contribution >= 4 is 5.78 Å². The Bertz CT molecular complexity index is 226. The largest absolute Gasteiger partial charge is 0.295 e. The summed E-state index contributed by atoms with van der Waals surface area (Å²) in [5.74, 6) is 0.103. The van der Waals surface area contributed by atoms with Crippen LogP contribution in [0.25, 0.3) is 0 Å². The van der Waals surface area contributed by atoms with Crippen molar-refractivity contribution in [2.45, 2.75) is 41.0 Å². The molecule has 0 aromatic carbocycles. The highest BCUT2D eigenvalue weighted by atomic mass is 16.1. The van der Waals surface area contributed by atoms with E-state index in [1.807, 2.05) is 6.08 Å². The molecule has 0 N–H and O–H groups in total. The normalized spacial score (nSPS) is 13.8. The second-order valence-electron chi connectivity index (χ2n) is 4.26. The van der Waals surface area contributed by atoms with Gasteiger partial charge < -0.3 is 0 Å². The van der Waals surface area contributed by atoms with Gasteiger partial charge in [-0.1, -0.05) is 39.8 Å². The molecule has 0 amide bonds. The first-order valence-corrected chi connectivity index (χ1v) is 4.77. The van der Waals surface area contributed by atoms with Gasteiger partial charge in [0.05, 0.1) is 0 Å². The monoisotopic (exact) mass is 180 g/mol. The molecule has 0 fully saturated rings. The Morgan fingerprint density at radius 1 is 1.23 bits per heavy atom. The summed E-state index contributed by atoms with van der Waals surface area (Å²) in [6.07, 6.45) is 6.73. The standard InChI is InChI=1S/C12H20O/c1-6-7-11(12(3,4)5)9-8-10(2)13/h7-9H,6H2,1-5H3. The lowest BCUT2D eigenvalue weighted by Crippen LogP contribution is -2.07. The van der Waals surface area contributed by atoms with Crippen molar-refractivity contribution in [1.82, 2.24) is 0 Å². The quantitative estimate of drug-likeness (QED) is 0.480. The van der Waals surface area contributed by atoms with Crippen molar-refractivity contribution in [2.75, 3.05) is 0 Å². The first-order chi connectivity index (χ1) is 5.88. The van der Waals surface area contributed by atoms with E-state index in [2.05, 4.69) is 33.8 Å². The van der Waals surface area contributed by atoms with Crippen molar-refractivity contribution in [3.63, 3.8) is 0 Å². The lowest BCUT2D eigenvalue weighted by atomic mass is 9.85. The van der Waals surface area contributed by atoms with Crippen LogP contribution in [0.15, 0.2) is 23.8 Å². The Balaban J connectivity index is 4.65. The molecule has 0 radical (unpaired) electrons. The molecule has 0 aromatic heterocycles. The molecule has 0 spiro atoms. The molecule has 1 heteroatoms. The molecule has 0 atom stereocenters. The number of rotatable bonds is 3. The lowest BCUT2D eigenvalue weighted by molar-refractivity contribution is -0.112. The molecular formula is C12H20O. The first kappa shape index (κ1) is 12.2. The van der Waals surface area contributed by atoms with Gasteiger partial charge in [0, 0.05) is 0 Å². The fourth-order valence-corrected chi connectivity index (χ4v) is 1.05. The summed E-state index contributed by atoms with van der Waals surface area (Å²) in [7, 11) is 0. The predicted molar refractivity (Wildman–Crippen MR) is 57.7 cm³/mol. The van der Waals surface area contributed by atoms with Gasteiger partial charge in [0.25, 0.3) is 0 Å². The molecule has 0 heterocycles. The maximum Gasteiger partial charge on any atom is 0.152 e. The van der Waals surface area contributed by atoms with Crippen LogP contribution in [0.4, 0.5) is 0 Å². The van der Waals surface area contributed by atoms with E-state index in [-0.39, 0.29) is 11.2 Å². The summed E-state index contributed by atoms with van der Waals surface area (Å²) < 4.78 is 0. The minimum Gasteiger partial charge on any atom is -0.295 e. The van der Waals surface area contributed by atoms with E-state index in [4.69, 9.17) is 0 Å². The molecule has 0 saturated carbocycles. The second kappa shape index (κ2) is 5.00. The van der Waals surface area contributed by atoms with E-state index in [1.165, 1.54) is 5.57 Å². The zero-order valence-electron chi connectivity index (χ0n) is 9.35. The van der Waals surface area contributed by atoms with Gasteiger partial charge in [-0.2, -0.15) is 0 Å². The Kier molecular flexibility index (Phi) is 4.68. The topological polar surface area (TPSA) is 17.1 Å². The van der Waals surface area contributed by atoms with E-state index in [1.54, 1.807) is 13.0 Å². The molecule has 0 aromatic rings. The number of hydrogen-bond donors (Lipinski definition) is 0. The van der Waals surface area contributed by atoms with Crippen LogP contribution >= 0.6 is 0 Å². The van der Waals surface area contributed by atoms with Gasteiger partial charge in [-0.25, -0.2) is 0 Å². The average Bonchev–Trinajstić information content (AvgIpc) is 1.95. The van der Waals surface area contributed by atoms with Crippen LogP contribution in [0.3, 0.4) is 0 Å². The van der Waals surface area contributed by atoms with Crippen LogP contribution in [-0.4, -0.2) is 5.78 Å². The van der Waals surface area contributed by atoms with Gasteiger partial charge in [0.2, 0.25) is 0 Å². The second-order valence-corrected chi connectivity index (χ2v) is 4.26. The lowest BCUT2D eigenvalue weighted by Gasteiger charge is -2.20. The number of hydrogen-bond acceptors (Lipinski definition) is 1. The molecule has 0 aliphatic rings. The zero-order valence-corrected chi connectivity index (χ0v) is 9.35. The van der Waals surface area contributed by atoms with E-state index < -0.39 is 0 Å². The molecule has 0 aliphatic carbocycles. The third kappa shape index (κ3) is 5.40.